The monoisotopic (exact) mass is 388 g/mol. The average molecular weight is 390 g/mol. The molecule has 0 N–H and O–H groups in total. The Balaban J connectivity index is 2.75. The maximum Gasteiger partial charge on any atom is 0.166 e. The van der Waals surface area contributed by atoms with Gasteiger partial charge in [-0.15, -0.1) is 0 Å². The standard InChI is InChI=1S/C15H15BrCl2N2O/c1-15(2,3)12-11(16)13(18)20-14(19-12)10-8(17)6-5-7-9(10)21-4/h5-7H,1-4H3. The first-order valence-corrected chi connectivity index (χ1v) is 7.87. The van der Waals surface area contributed by atoms with E-state index in [1.165, 1.54) is 0 Å². The molecule has 0 spiro atoms. The van der Waals surface area contributed by atoms with Crippen molar-refractivity contribution >= 4 is 39.1 Å². The highest BCUT2D eigenvalue weighted by atomic mass is 79.9. The van der Waals surface area contributed by atoms with Gasteiger partial charge < -0.3 is 4.74 Å². The number of methoxy groups -OCH3 is 1. The zero-order valence-electron chi connectivity index (χ0n) is 12.2. The highest BCUT2D eigenvalue weighted by Gasteiger charge is 2.24. The lowest BCUT2D eigenvalue weighted by Gasteiger charge is -2.21. The molecule has 0 atom stereocenters. The Morgan fingerprint density at radius 1 is 1.14 bits per heavy atom. The second-order valence-electron chi connectivity index (χ2n) is 5.57. The van der Waals surface area contributed by atoms with Gasteiger partial charge in [-0.2, -0.15) is 0 Å². The molecule has 0 saturated carbocycles. The minimum absolute atomic E-state index is 0.186. The van der Waals surface area contributed by atoms with Crippen molar-refractivity contribution in [3.8, 4) is 17.1 Å². The fourth-order valence-corrected chi connectivity index (χ4v) is 3.11. The highest BCUT2D eigenvalue weighted by Crippen LogP contribution is 2.38. The zero-order chi connectivity index (χ0) is 15.8. The molecule has 1 aromatic heterocycles. The first-order valence-electron chi connectivity index (χ1n) is 6.32. The summed E-state index contributed by atoms with van der Waals surface area (Å²) < 4.78 is 6.06. The first-order chi connectivity index (χ1) is 9.75. The van der Waals surface area contributed by atoms with Gasteiger partial charge in [0.1, 0.15) is 10.9 Å². The fourth-order valence-electron chi connectivity index (χ4n) is 1.92. The van der Waals surface area contributed by atoms with Crippen molar-refractivity contribution in [3.05, 3.63) is 38.5 Å². The Bertz CT molecular complexity index is 684. The van der Waals surface area contributed by atoms with Gasteiger partial charge in [-0.25, -0.2) is 9.97 Å². The Hall–Kier alpha value is -0.840. The van der Waals surface area contributed by atoms with Crippen LogP contribution in [0.5, 0.6) is 5.75 Å². The van der Waals surface area contributed by atoms with E-state index >= 15 is 0 Å². The summed E-state index contributed by atoms with van der Waals surface area (Å²) in [5.74, 6) is 1.07. The molecule has 0 aliphatic heterocycles. The normalized spacial score (nSPS) is 11.6. The third-order valence-corrected chi connectivity index (χ3v) is 4.51. The van der Waals surface area contributed by atoms with E-state index < -0.39 is 0 Å². The summed E-state index contributed by atoms with van der Waals surface area (Å²) in [6, 6.07) is 5.41. The summed E-state index contributed by atoms with van der Waals surface area (Å²) in [5, 5.41) is 0.875. The van der Waals surface area contributed by atoms with Crippen molar-refractivity contribution in [1.29, 1.82) is 0 Å². The van der Waals surface area contributed by atoms with Gasteiger partial charge >= 0.3 is 0 Å². The third-order valence-electron chi connectivity index (χ3n) is 2.94. The molecule has 0 saturated heterocycles. The highest BCUT2D eigenvalue weighted by molar-refractivity contribution is 9.10. The summed E-state index contributed by atoms with van der Waals surface area (Å²) in [6.07, 6.45) is 0. The van der Waals surface area contributed by atoms with Gasteiger partial charge in [0.2, 0.25) is 0 Å². The molecule has 0 unspecified atom stereocenters. The van der Waals surface area contributed by atoms with E-state index in [-0.39, 0.29) is 5.41 Å². The van der Waals surface area contributed by atoms with Crippen LogP contribution in [0, 0.1) is 0 Å². The van der Waals surface area contributed by atoms with Gasteiger partial charge in [0, 0.05) is 5.41 Å². The molecule has 0 amide bonds. The first kappa shape index (κ1) is 16.5. The Labute approximate surface area is 142 Å². The maximum atomic E-state index is 6.29. The quantitative estimate of drug-likeness (QED) is 0.634. The van der Waals surface area contributed by atoms with Crippen molar-refractivity contribution in [1.82, 2.24) is 9.97 Å². The lowest BCUT2D eigenvalue weighted by atomic mass is 9.92. The van der Waals surface area contributed by atoms with Gasteiger partial charge in [-0.3, -0.25) is 0 Å². The number of hydrogen-bond acceptors (Lipinski definition) is 3. The topological polar surface area (TPSA) is 35.0 Å². The lowest BCUT2D eigenvalue weighted by molar-refractivity contribution is 0.416. The number of aromatic nitrogens is 2. The van der Waals surface area contributed by atoms with E-state index in [2.05, 4.69) is 46.7 Å². The van der Waals surface area contributed by atoms with Crippen LogP contribution >= 0.6 is 39.1 Å². The maximum absolute atomic E-state index is 6.29. The van der Waals surface area contributed by atoms with Crippen molar-refractivity contribution in [2.45, 2.75) is 26.2 Å². The SMILES string of the molecule is COc1cccc(Cl)c1-c1nc(Cl)c(Br)c(C(C)(C)C)n1. The predicted molar refractivity (Wildman–Crippen MR) is 90.4 cm³/mol. The zero-order valence-corrected chi connectivity index (χ0v) is 15.3. The van der Waals surface area contributed by atoms with Crippen LogP contribution in [-0.2, 0) is 5.41 Å². The van der Waals surface area contributed by atoms with Crippen LogP contribution in [0.25, 0.3) is 11.4 Å². The van der Waals surface area contributed by atoms with Gasteiger partial charge in [-0.1, -0.05) is 50.0 Å². The molecule has 0 aliphatic carbocycles. The van der Waals surface area contributed by atoms with Gasteiger partial charge in [0.25, 0.3) is 0 Å². The molecule has 112 valence electrons. The molecule has 2 aromatic rings. The van der Waals surface area contributed by atoms with Crippen molar-refractivity contribution in [2.24, 2.45) is 0 Å². The molecule has 21 heavy (non-hydrogen) atoms. The molecular weight excluding hydrogens is 375 g/mol. The second-order valence-corrected chi connectivity index (χ2v) is 7.13. The Kier molecular flexibility index (Phi) is 4.81. The Morgan fingerprint density at radius 3 is 2.38 bits per heavy atom. The van der Waals surface area contributed by atoms with Gasteiger partial charge in [0.05, 0.1) is 27.9 Å². The van der Waals surface area contributed by atoms with Gasteiger partial charge in [0.15, 0.2) is 5.82 Å². The van der Waals surface area contributed by atoms with Crippen LogP contribution in [0.15, 0.2) is 22.7 Å². The fraction of sp³-hybridized carbons (Fsp3) is 0.333. The van der Waals surface area contributed by atoms with E-state index in [1.54, 1.807) is 13.2 Å². The van der Waals surface area contributed by atoms with E-state index in [1.807, 2.05) is 12.1 Å². The lowest BCUT2D eigenvalue weighted by Crippen LogP contribution is -2.16. The molecule has 1 heterocycles. The van der Waals surface area contributed by atoms with Crippen molar-refractivity contribution < 1.29 is 4.74 Å². The molecule has 0 bridgehead atoms. The number of nitrogens with zero attached hydrogens (tertiary/aromatic N) is 2. The summed E-state index contributed by atoms with van der Waals surface area (Å²) in [7, 11) is 1.58. The van der Waals surface area contributed by atoms with Crippen LogP contribution in [0.1, 0.15) is 26.5 Å². The smallest absolute Gasteiger partial charge is 0.166 e. The number of ether oxygens (including phenoxy) is 1. The van der Waals surface area contributed by atoms with Crippen LogP contribution in [0.2, 0.25) is 10.2 Å². The number of rotatable bonds is 2. The van der Waals surface area contributed by atoms with E-state index in [0.717, 1.165) is 5.69 Å². The van der Waals surface area contributed by atoms with Crippen LogP contribution in [-0.4, -0.2) is 17.1 Å². The molecule has 0 aliphatic rings. The second kappa shape index (κ2) is 6.11. The summed E-state index contributed by atoms with van der Waals surface area (Å²) in [6.45, 7) is 6.18. The summed E-state index contributed by atoms with van der Waals surface area (Å²) in [5.41, 5.74) is 1.27. The van der Waals surface area contributed by atoms with Crippen LogP contribution in [0.4, 0.5) is 0 Å². The minimum atomic E-state index is -0.186. The van der Waals surface area contributed by atoms with Crippen LogP contribution < -0.4 is 4.74 Å². The third kappa shape index (κ3) is 3.33. The number of benzene rings is 1. The largest absolute Gasteiger partial charge is 0.496 e. The number of halogens is 3. The molecule has 1 aromatic carbocycles. The number of hydrogen-bond donors (Lipinski definition) is 0. The van der Waals surface area contributed by atoms with Crippen molar-refractivity contribution in [3.63, 3.8) is 0 Å². The average Bonchev–Trinajstić information content (AvgIpc) is 2.40. The molecule has 3 nitrogen and oxygen atoms in total. The van der Waals surface area contributed by atoms with E-state index in [9.17, 15) is 0 Å². The van der Waals surface area contributed by atoms with E-state index in [0.29, 0.717) is 31.8 Å². The molecule has 0 fully saturated rings. The minimum Gasteiger partial charge on any atom is -0.496 e. The van der Waals surface area contributed by atoms with E-state index in [4.69, 9.17) is 27.9 Å². The molecule has 2 rings (SSSR count). The van der Waals surface area contributed by atoms with Gasteiger partial charge in [-0.05, 0) is 28.1 Å². The molecular formula is C15H15BrCl2N2O. The predicted octanol–water partition coefficient (Wildman–Crippen LogP) is 5.52. The van der Waals surface area contributed by atoms with Crippen molar-refractivity contribution in [2.75, 3.05) is 7.11 Å². The summed E-state index contributed by atoms with van der Waals surface area (Å²) in [4.78, 5) is 8.97. The van der Waals surface area contributed by atoms with Crippen LogP contribution in [0.3, 0.4) is 0 Å². The summed E-state index contributed by atoms with van der Waals surface area (Å²) >= 11 is 16.0. The Morgan fingerprint density at radius 2 is 1.81 bits per heavy atom. The molecule has 0 radical (unpaired) electrons. The molecule has 6 heteroatoms.